The van der Waals surface area contributed by atoms with Crippen molar-refractivity contribution in [2.24, 2.45) is 0 Å². The molecule has 3 aromatic rings. The number of nitrogens with zero attached hydrogens (tertiary/aromatic N) is 1. The monoisotopic (exact) mass is 493 g/mol. The van der Waals surface area contributed by atoms with E-state index in [1.807, 2.05) is 0 Å². The molecule has 2 aromatic heterocycles. The highest BCUT2D eigenvalue weighted by Gasteiger charge is 2.36. The molecule has 1 saturated carbocycles. The van der Waals surface area contributed by atoms with Crippen molar-refractivity contribution in [1.82, 2.24) is 10.6 Å². The number of ether oxygens (including phenoxy) is 1. The second-order valence-electron chi connectivity index (χ2n) is 8.37. The molecule has 1 atom stereocenters. The van der Waals surface area contributed by atoms with Gasteiger partial charge in [-0.25, -0.2) is 4.79 Å². The Bertz CT molecular complexity index is 1180. The van der Waals surface area contributed by atoms with Crippen molar-refractivity contribution < 1.29 is 32.7 Å². The van der Waals surface area contributed by atoms with E-state index in [9.17, 15) is 19.2 Å². The van der Waals surface area contributed by atoms with E-state index in [2.05, 4.69) is 10.6 Å². The van der Waals surface area contributed by atoms with Crippen LogP contribution in [-0.4, -0.2) is 43.4 Å². The smallest absolute Gasteiger partial charge is 0.337 e. The van der Waals surface area contributed by atoms with Gasteiger partial charge in [-0.15, -0.1) is 0 Å². The molecule has 2 N–H and O–H groups in total. The lowest BCUT2D eigenvalue weighted by Crippen LogP contribution is -2.49. The number of esters is 1. The predicted octanol–water partition coefficient (Wildman–Crippen LogP) is 3.22. The number of anilines is 1. The minimum Gasteiger partial charge on any atom is -0.467 e. The summed E-state index contributed by atoms with van der Waals surface area (Å²) in [6, 6.07) is 11.2. The Labute approximate surface area is 207 Å². The fourth-order valence-corrected chi connectivity index (χ4v) is 4.22. The second kappa shape index (κ2) is 11.4. The molecule has 1 aliphatic carbocycles. The molecule has 1 aromatic carbocycles. The van der Waals surface area contributed by atoms with E-state index in [1.165, 1.54) is 54.9 Å². The number of benzene rings is 1. The van der Waals surface area contributed by atoms with Gasteiger partial charge < -0.3 is 24.2 Å². The van der Waals surface area contributed by atoms with Crippen LogP contribution in [0.25, 0.3) is 0 Å². The van der Waals surface area contributed by atoms with Gasteiger partial charge in [0.25, 0.3) is 11.8 Å². The van der Waals surface area contributed by atoms with Gasteiger partial charge in [0.2, 0.25) is 5.91 Å². The SMILES string of the molecule is COC(=O)c1ccc(N(C(=O)CNC(=O)c2ccco2)[C@H](C(=O)NC2CCCC2)c2ccco2)cc1. The fraction of sp³-hybridized carbons (Fsp3) is 0.308. The lowest BCUT2D eigenvalue weighted by molar-refractivity contribution is -0.127. The average molecular weight is 494 g/mol. The van der Waals surface area contributed by atoms with Crippen molar-refractivity contribution in [1.29, 1.82) is 0 Å². The quantitative estimate of drug-likeness (QED) is 0.438. The number of hydrogen-bond donors (Lipinski definition) is 2. The zero-order valence-electron chi connectivity index (χ0n) is 19.8. The van der Waals surface area contributed by atoms with E-state index < -0.39 is 36.3 Å². The Balaban J connectivity index is 1.65. The van der Waals surface area contributed by atoms with Gasteiger partial charge in [-0.2, -0.15) is 0 Å². The number of carbonyl (C=O) groups excluding carboxylic acids is 4. The summed E-state index contributed by atoms with van der Waals surface area (Å²) in [6.45, 7) is -0.411. The van der Waals surface area contributed by atoms with Crippen molar-refractivity contribution in [2.75, 3.05) is 18.6 Å². The molecule has 1 fully saturated rings. The molecule has 2 heterocycles. The molecular formula is C26H27N3O7. The van der Waals surface area contributed by atoms with Crippen LogP contribution in [0.15, 0.2) is 69.9 Å². The Morgan fingerprint density at radius 1 is 1.00 bits per heavy atom. The molecule has 1 aliphatic rings. The molecule has 0 aliphatic heterocycles. The average Bonchev–Trinajstić information content (AvgIpc) is 3.69. The Hall–Kier alpha value is -4.34. The lowest BCUT2D eigenvalue weighted by Gasteiger charge is -2.31. The molecular weight excluding hydrogens is 466 g/mol. The van der Waals surface area contributed by atoms with E-state index in [0.29, 0.717) is 5.69 Å². The number of methoxy groups -OCH3 is 1. The van der Waals surface area contributed by atoms with Crippen LogP contribution < -0.4 is 15.5 Å². The third-order valence-electron chi connectivity index (χ3n) is 6.00. The Morgan fingerprint density at radius 2 is 1.69 bits per heavy atom. The molecule has 36 heavy (non-hydrogen) atoms. The van der Waals surface area contributed by atoms with E-state index in [-0.39, 0.29) is 23.1 Å². The standard InChI is InChI=1S/C26H27N3O7/c1-34-26(33)17-10-12-19(13-11-17)29(22(30)16-27-24(31)21-9-5-15-36-21)23(20-8-4-14-35-20)25(32)28-18-6-2-3-7-18/h4-5,8-15,18,23H,2-3,6-7,16H2,1H3,(H,27,31)(H,28,32)/t23-/m0/s1. The number of hydrogen-bond acceptors (Lipinski definition) is 7. The van der Waals surface area contributed by atoms with Crippen molar-refractivity contribution >= 4 is 29.4 Å². The van der Waals surface area contributed by atoms with Crippen molar-refractivity contribution in [3.63, 3.8) is 0 Å². The number of rotatable bonds is 9. The number of amides is 3. The molecule has 4 rings (SSSR count). The van der Waals surface area contributed by atoms with Crippen LogP contribution in [0.5, 0.6) is 0 Å². The van der Waals surface area contributed by atoms with Crippen molar-refractivity contribution in [3.8, 4) is 0 Å². The Kier molecular flexibility index (Phi) is 7.84. The summed E-state index contributed by atoms with van der Waals surface area (Å²) < 4.78 is 15.4. The van der Waals surface area contributed by atoms with E-state index in [1.54, 1.807) is 18.2 Å². The van der Waals surface area contributed by atoms with Gasteiger partial charge >= 0.3 is 5.97 Å². The Morgan fingerprint density at radius 3 is 2.31 bits per heavy atom. The molecule has 0 radical (unpaired) electrons. The zero-order chi connectivity index (χ0) is 25.5. The first-order valence-corrected chi connectivity index (χ1v) is 11.6. The first-order chi connectivity index (χ1) is 17.5. The summed E-state index contributed by atoms with van der Waals surface area (Å²) in [4.78, 5) is 52.6. The van der Waals surface area contributed by atoms with Crippen LogP contribution in [0.3, 0.4) is 0 Å². The number of carbonyl (C=O) groups is 4. The molecule has 10 nitrogen and oxygen atoms in total. The summed E-state index contributed by atoms with van der Waals surface area (Å²) in [6.07, 6.45) is 6.54. The minimum absolute atomic E-state index is 0.00673. The van der Waals surface area contributed by atoms with Gasteiger partial charge in [0.05, 0.1) is 31.7 Å². The third kappa shape index (κ3) is 5.65. The highest BCUT2D eigenvalue weighted by molar-refractivity contribution is 6.04. The van der Waals surface area contributed by atoms with E-state index >= 15 is 0 Å². The van der Waals surface area contributed by atoms with Crippen LogP contribution in [0.2, 0.25) is 0 Å². The zero-order valence-corrected chi connectivity index (χ0v) is 19.8. The van der Waals surface area contributed by atoms with Crippen LogP contribution in [-0.2, 0) is 14.3 Å². The summed E-state index contributed by atoms with van der Waals surface area (Å²) in [5.74, 6) is -1.76. The van der Waals surface area contributed by atoms with Gasteiger partial charge in [0, 0.05) is 11.7 Å². The number of nitrogens with one attached hydrogen (secondary N) is 2. The molecule has 10 heteroatoms. The summed E-state index contributed by atoms with van der Waals surface area (Å²) in [5.41, 5.74) is 0.618. The van der Waals surface area contributed by atoms with Crippen molar-refractivity contribution in [2.45, 2.75) is 37.8 Å². The summed E-state index contributed by atoms with van der Waals surface area (Å²) in [7, 11) is 1.27. The van der Waals surface area contributed by atoms with Gasteiger partial charge in [0.15, 0.2) is 11.8 Å². The van der Waals surface area contributed by atoms with Gasteiger partial charge in [0.1, 0.15) is 5.76 Å². The molecule has 0 bridgehead atoms. The van der Waals surface area contributed by atoms with Crippen LogP contribution in [0, 0.1) is 0 Å². The maximum atomic E-state index is 13.5. The van der Waals surface area contributed by atoms with Crippen LogP contribution in [0.4, 0.5) is 5.69 Å². The topological polar surface area (TPSA) is 131 Å². The summed E-state index contributed by atoms with van der Waals surface area (Å²) in [5, 5.41) is 5.55. The maximum absolute atomic E-state index is 13.5. The highest BCUT2D eigenvalue weighted by atomic mass is 16.5. The minimum atomic E-state index is -1.14. The van der Waals surface area contributed by atoms with E-state index in [4.69, 9.17) is 13.6 Å². The van der Waals surface area contributed by atoms with Crippen LogP contribution >= 0.6 is 0 Å². The molecule has 0 unspecified atom stereocenters. The number of furan rings is 2. The fourth-order valence-electron chi connectivity index (χ4n) is 4.22. The second-order valence-corrected chi connectivity index (χ2v) is 8.37. The normalized spacial score (nSPS) is 14.1. The lowest BCUT2D eigenvalue weighted by atomic mass is 10.1. The predicted molar refractivity (Wildman–Crippen MR) is 128 cm³/mol. The van der Waals surface area contributed by atoms with Gasteiger partial charge in [-0.3, -0.25) is 19.3 Å². The van der Waals surface area contributed by atoms with Gasteiger partial charge in [-0.05, 0) is 61.4 Å². The first-order valence-electron chi connectivity index (χ1n) is 11.6. The maximum Gasteiger partial charge on any atom is 0.337 e. The highest BCUT2D eigenvalue weighted by Crippen LogP contribution is 2.30. The van der Waals surface area contributed by atoms with Gasteiger partial charge in [-0.1, -0.05) is 12.8 Å². The first kappa shape index (κ1) is 24.8. The third-order valence-corrected chi connectivity index (χ3v) is 6.00. The largest absolute Gasteiger partial charge is 0.467 e. The molecule has 3 amide bonds. The molecule has 0 saturated heterocycles. The molecule has 0 spiro atoms. The van der Waals surface area contributed by atoms with E-state index in [0.717, 1.165) is 25.7 Å². The van der Waals surface area contributed by atoms with Crippen LogP contribution in [0.1, 0.15) is 58.4 Å². The summed E-state index contributed by atoms with van der Waals surface area (Å²) >= 11 is 0. The van der Waals surface area contributed by atoms with Crippen molar-refractivity contribution in [3.05, 3.63) is 78.1 Å². The molecule has 188 valence electrons.